The van der Waals surface area contributed by atoms with Crippen molar-refractivity contribution in [3.63, 3.8) is 0 Å². The van der Waals surface area contributed by atoms with Gasteiger partial charge in [-0.1, -0.05) is 43.3 Å². The lowest BCUT2D eigenvalue weighted by Gasteiger charge is -2.06. The van der Waals surface area contributed by atoms with Crippen LogP contribution in [-0.2, 0) is 4.79 Å². The second-order valence-electron chi connectivity index (χ2n) is 5.58. The molecule has 4 N–H and O–H groups in total. The Hall–Kier alpha value is -1.57. The van der Waals surface area contributed by atoms with Crippen LogP contribution in [0.25, 0.3) is 0 Å². The van der Waals surface area contributed by atoms with Gasteiger partial charge in [0.2, 0.25) is 5.91 Å². The van der Waals surface area contributed by atoms with Crippen molar-refractivity contribution in [2.24, 2.45) is 5.92 Å². The van der Waals surface area contributed by atoms with E-state index in [1.165, 1.54) is 11.8 Å². The molecule has 23 heavy (non-hydrogen) atoms. The van der Waals surface area contributed by atoms with Crippen molar-refractivity contribution < 1.29 is 14.9 Å². The minimum Gasteiger partial charge on any atom is -0.410 e. The molecule has 0 aliphatic rings. The minimum absolute atomic E-state index is 0.0304. The number of thioether (sulfide) groups is 1. The molecular formula is C15H20ClN4O2S+. The standard InChI is InChI=1S/C15H19ClN4O2S/c1-9(2)6-12(17)14-19-20-15(22-14)23-8-13(21)18-11-5-3-4-10(16)7-11/h3-5,7,9,12H,6,8,17H2,1-2H3,(H,18,21)/p+1/t12-/m0/s1. The van der Waals surface area contributed by atoms with E-state index in [-0.39, 0.29) is 17.7 Å². The number of quaternary nitrogens is 1. The number of hydrogen-bond acceptors (Lipinski definition) is 5. The van der Waals surface area contributed by atoms with E-state index in [2.05, 4.69) is 35.1 Å². The van der Waals surface area contributed by atoms with Gasteiger partial charge in [-0.3, -0.25) is 4.79 Å². The monoisotopic (exact) mass is 355 g/mol. The quantitative estimate of drug-likeness (QED) is 0.744. The Bertz CT molecular complexity index is 662. The van der Waals surface area contributed by atoms with Crippen LogP contribution >= 0.6 is 23.4 Å². The van der Waals surface area contributed by atoms with E-state index in [0.717, 1.165) is 6.42 Å². The van der Waals surface area contributed by atoms with E-state index < -0.39 is 0 Å². The number of benzene rings is 1. The molecule has 124 valence electrons. The molecule has 1 aromatic heterocycles. The number of carbonyl (C=O) groups excluding carboxylic acids is 1. The van der Waals surface area contributed by atoms with Crippen molar-refractivity contribution in [1.82, 2.24) is 10.2 Å². The molecule has 6 nitrogen and oxygen atoms in total. The molecule has 0 radical (unpaired) electrons. The summed E-state index contributed by atoms with van der Waals surface area (Å²) in [6.07, 6.45) is 0.877. The molecule has 8 heteroatoms. The zero-order valence-electron chi connectivity index (χ0n) is 13.1. The van der Waals surface area contributed by atoms with Crippen molar-refractivity contribution >= 4 is 35.0 Å². The SMILES string of the molecule is CC(C)C[C@H]([NH3+])c1nnc(SCC(=O)Nc2cccc(Cl)c2)o1. The van der Waals surface area contributed by atoms with Crippen LogP contribution in [0.4, 0.5) is 5.69 Å². The van der Waals surface area contributed by atoms with Gasteiger partial charge in [-0.05, 0) is 24.1 Å². The Balaban J connectivity index is 1.84. The average molecular weight is 356 g/mol. The van der Waals surface area contributed by atoms with Crippen LogP contribution in [0.2, 0.25) is 5.02 Å². The first-order chi connectivity index (χ1) is 10.9. The van der Waals surface area contributed by atoms with Gasteiger partial charge in [0.05, 0.1) is 5.75 Å². The molecule has 1 amide bonds. The van der Waals surface area contributed by atoms with Crippen LogP contribution < -0.4 is 11.1 Å². The third kappa shape index (κ3) is 5.85. The summed E-state index contributed by atoms with van der Waals surface area (Å²) in [4.78, 5) is 11.9. The number of rotatable bonds is 7. The molecule has 2 aromatic rings. The molecule has 1 heterocycles. The van der Waals surface area contributed by atoms with E-state index in [1.54, 1.807) is 24.3 Å². The van der Waals surface area contributed by atoms with Crippen molar-refractivity contribution in [1.29, 1.82) is 0 Å². The highest BCUT2D eigenvalue weighted by molar-refractivity contribution is 7.99. The first-order valence-corrected chi connectivity index (χ1v) is 8.65. The van der Waals surface area contributed by atoms with Gasteiger partial charge in [0.15, 0.2) is 6.04 Å². The molecule has 0 aliphatic heterocycles. The number of amides is 1. The average Bonchev–Trinajstić information content (AvgIpc) is 2.93. The minimum atomic E-state index is -0.162. The van der Waals surface area contributed by atoms with Gasteiger partial charge in [0, 0.05) is 17.1 Å². The lowest BCUT2D eigenvalue weighted by molar-refractivity contribution is -0.435. The van der Waals surface area contributed by atoms with Crippen LogP contribution in [0, 0.1) is 5.92 Å². The second-order valence-corrected chi connectivity index (χ2v) is 6.94. The predicted octanol–water partition coefficient (Wildman–Crippen LogP) is 2.78. The van der Waals surface area contributed by atoms with E-state index >= 15 is 0 Å². The number of nitrogens with zero attached hydrogens (tertiary/aromatic N) is 2. The van der Waals surface area contributed by atoms with Gasteiger partial charge < -0.3 is 15.5 Å². The van der Waals surface area contributed by atoms with Gasteiger partial charge in [-0.25, -0.2) is 0 Å². The maximum Gasteiger partial charge on any atom is 0.277 e. The molecule has 1 atom stereocenters. The van der Waals surface area contributed by atoms with Crippen LogP contribution in [0.1, 0.15) is 32.2 Å². The van der Waals surface area contributed by atoms with Crippen molar-refractivity contribution in [3.05, 3.63) is 35.2 Å². The highest BCUT2D eigenvalue weighted by atomic mass is 35.5. The summed E-state index contributed by atoms with van der Waals surface area (Å²) in [5, 5.41) is 11.6. The fraction of sp³-hybridized carbons (Fsp3) is 0.400. The normalized spacial score (nSPS) is 12.4. The number of hydrogen-bond donors (Lipinski definition) is 2. The van der Waals surface area contributed by atoms with Gasteiger partial charge in [-0.15, -0.1) is 10.2 Å². The van der Waals surface area contributed by atoms with Crippen LogP contribution in [-0.4, -0.2) is 21.9 Å². The Morgan fingerprint density at radius 1 is 1.43 bits per heavy atom. The van der Waals surface area contributed by atoms with Gasteiger partial charge in [0.1, 0.15) is 0 Å². The molecule has 0 bridgehead atoms. The summed E-state index contributed by atoms with van der Waals surface area (Å²) in [6, 6.07) is 6.96. The molecule has 0 saturated heterocycles. The Kier molecular flexibility index (Phi) is 6.44. The molecule has 0 unspecified atom stereocenters. The van der Waals surface area contributed by atoms with Crippen molar-refractivity contribution in [2.75, 3.05) is 11.1 Å². The van der Waals surface area contributed by atoms with Gasteiger partial charge >= 0.3 is 0 Å². The highest BCUT2D eigenvalue weighted by Gasteiger charge is 2.19. The highest BCUT2D eigenvalue weighted by Crippen LogP contribution is 2.22. The Morgan fingerprint density at radius 2 is 2.22 bits per heavy atom. The molecule has 0 aliphatic carbocycles. The molecule has 0 spiro atoms. The maximum absolute atomic E-state index is 11.9. The summed E-state index contributed by atoms with van der Waals surface area (Å²) in [5.41, 5.74) is 4.68. The van der Waals surface area contributed by atoms with Crippen molar-refractivity contribution in [2.45, 2.75) is 31.5 Å². The summed E-state index contributed by atoms with van der Waals surface area (Å²) >= 11 is 7.07. The third-order valence-electron chi connectivity index (χ3n) is 2.96. The smallest absolute Gasteiger partial charge is 0.277 e. The van der Waals surface area contributed by atoms with E-state index in [1.807, 2.05) is 0 Å². The Labute approximate surface area is 144 Å². The number of carbonyl (C=O) groups is 1. The molecule has 0 saturated carbocycles. The van der Waals surface area contributed by atoms with Crippen LogP contribution in [0.3, 0.4) is 0 Å². The summed E-state index contributed by atoms with van der Waals surface area (Å²) < 4.78 is 5.54. The molecule has 2 rings (SSSR count). The van der Waals surface area contributed by atoms with E-state index in [0.29, 0.717) is 27.7 Å². The molecule has 1 aromatic carbocycles. The third-order valence-corrected chi connectivity index (χ3v) is 4.02. The number of anilines is 1. The van der Waals surface area contributed by atoms with E-state index in [4.69, 9.17) is 16.0 Å². The zero-order chi connectivity index (χ0) is 16.8. The topological polar surface area (TPSA) is 95.7 Å². The summed E-state index contributed by atoms with van der Waals surface area (Å²) in [6.45, 7) is 4.23. The largest absolute Gasteiger partial charge is 0.410 e. The molecule has 0 fully saturated rings. The lowest BCUT2D eigenvalue weighted by atomic mass is 10.1. The lowest BCUT2D eigenvalue weighted by Crippen LogP contribution is -2.54. The van der Waals surface area contributed by atoms with Crippen LogP contribution in [0.15, 0.2) is 33.9 Å². The first kappa shape index (κ1) is 17.8. The van der Waals surface area contributed by atoms with Gasteiger partial charge in [-0.2, -0.15) is 0 Å². The van der Waals surface area contributed by atoms with Gasteiger partial charge in [0.25, 0.3) is 11.1 Å². The summed E-state index contributed by atoms with van der Waals surface area (Å²) in [5.74, 6) is 1.03. The maximum atomic E-state index is 11.9. The molecular weight excluding hydrogens is 336 g/mol. The fourth-order valence-electron chi connectivity index (χ4n) is 2.00. The fourth-order valence-corrected chi connectivity index (χ4v) is 2.76. The zero-order valence-corrected chi connectivity index (χ0v) is 14.7. The van der Waals surface area contributed by atoms with Crippen LogP contribution in [0.5, 0.6) is 0 Å². The first-order valence-electron chi connectivity index (χ1n) is 7.28. The Morgan fingerprint density at radius 3 is 2.91 bits per heavy atom. The second kappa shape index (κ2) is 8.33. The number of nitrogens with one attached hydrogen (secondary N) is 1. The summed E-state index contributed by atoms with van der Waals surface area (Å²) in [7, 11) is 0. The number of halogens is 1. The van der Waals surface area contributed by atoms with E-state index in [9.17, 15) is 4.79 Å². The predicted molar refractivity (Wildman–Crippen MR) is 90.2 cm³/mol. The van der Waals surface area contributed by atoms with Crippen molar-refractivity contribution in [3.8, 4) is 0 Å². The number of aromatic nitrogens is 2.